The number of carbonyl (C=O) groups excluding carboxylic acids is 1. The van der Waals surface area contributed by atoms with E-state index in [-0.39, 0.29) is 11.9 Å². The second-order valence-corrected chi connectivity index (χ2v) is 5.33. The maximum absolute atomic E-state index is 12.2. The SMILES string of the molecule is CCC(NC(=O)c1ccc(NN)nn1)C1CCCCC1. The molecule has 0 aliphatic heterocycles. The fraction of sp³-hybridized carbons (Fsp3) is 0.643. The highest BCUT2D eigenvalue weighted by Gasteiger charge is 2.24. The van der Waals surface area contributed by atoms with Crippen LogP contribution in [0.3, 0.4) is 0 Å². The fourth-order valence-corrected chi connectivity index (χ4v) is 2.86. The van der Waals surface area contributed by atoms with Crippen molar-refractivity contribution < 1.29 is 4.79 Å². The Bertz CT molecular complexity index is 428. The number of nitrogen functional groups attached to an aromatic ring is 1. The fourth-order valence-electron chi connectivity index (χ4n) is 2.86. The van der Waals surface area contributed by atoms with Crippen molar-refractivity contribution in [2.24, 2.45) is 11.8 Å². The molecule has 2 rings (SSSR count). The molecule has 1 saturated carbocycles. The van der Waals surface area contributed by atoms with E-state index >= 15 is 0 Å². The summed E-state index contributed by atoms with van der Waals surface area (Å²) in [5.41, 5.74) is 2.72. The summed E-state index contributed by atoms with van der Waals surface area (Å²) in [5.74, 6) is 6.11. The van der Waals surface area contributed by atoms with Gasteiger partial charge in [0, 0.05) is 6.04 Å². The van der Waals surface area contributed by atoms with Crippen LogP contribution in [0, 0.1) is 5.92 Å². The molecule has 4 N–H and O–H groups in total. The predicted molar refractivity (Wildman–Crippen MR) is 78.0 cm³/mol. The standard InChI is InChI=1S/C14H23N5O/c1-2-11(10-6-4-3-5-7-10)16-14(20)12-8-9-13(17-15)19-18-12/h8-11H,2-7,15H2,1H3,(H,16,20)(H,17,19). The molecule has 1 atom stereocenters. The highest BCUT2D eigenvalue weighted by molar-refractivity contribution is 5.92. The van der Waals surface area contributed by atoms with Crippen molar-refractivity contribution >= 4 is 11.7 Å². The van der Waals surface area contributed by atoms with Gasteiger partial charge in [0.15, 0.2) is 11.5 Å². The highest BCUT2D eigenvalue weighted by Crippen LogP contribution is 2.27. The van der Waals surface area contributed by atoms with Gasteiger partial charge in [-0.1, -0.05) is 26.2 Å². The van der Waals surface area contributed by atoms with Gasteiger partial charge in [-0.3, -0.25) is 4.79 Å². The van der Waals surface area contributed by atoms with E-state index in [2.05, 4.69) is 27.9 Å². The summed E-state index contributed by atoms with van der Waals surface area (Å²) < 4.78 is 0. The number of hydrazine groups is 1. The molecule has 6 heteroatoms. The molecule has 20 heavy (non-hydrogen) atoms. The summed E-state index contributed by atoms with van der Waals surface area (Å²) in [6.07, 6.45) is 7.23. The van der Waals surface area contributed by atoms with Crippen LogP contribution < -0.4 is 16.6 Å². The number of hydrogen-bond acceptors (Lipinski definition) is 5. The van der Waals surface area contributed by atoms with Gasteiger partial charge in [-0.2, -0.15) is 0 Å². The van der Waals surface area contributed by atoms with Gasteiger partial charge >= 0.3 is 0 Å². The van der Waals surface area contributed by atoms with E-state index in [4.69, 9.17) is 5.84 Å². The van der Waals surface area contributed by atoms with E-state index in [1.165, 1.54) is 32.1 Å². The minimum Gasteiger partial charge on any atom is -0.348 e. The molecule has 1 aromatic rings. The first kappa shape index (κ1) is 14.7. The number of nitrogens with one attached hydrogen (secondary N) is 2. The lowest BCUT2D eigenvalue weighted by Gasteiger charge is -2.30. The van der Waals surface area contributed by atoms with Crippen molar-refractivity contribution in [1.29, 1.82) is 0 Å². The Kier molecular flexibility index (Phi) is 5.29. The smallest absolute Gasteiger partial charge is 0.272 e. The number of hydrogen-bond donors (Lipinski definition) is 3. The van der Waals surface area contributed by atoms with Crippen molar-refractivity contribution in [3.8, 4) is 0 Å². The van der Waals surface area contributed by atoms with E-state index in [1.54, 1.807) is 12.1 Å². The molecule has 0 bridgehead atoms. The van der Waals surface area contributed by atoms with E-state index < -0.39 is 0 Å². The quantitative estimate of drug-likeness (QED) is 0.564. The number of aromatic nitrogens is 2. The predicted octanol–water partition coefficient (Wildman–Crippen LogP) is 1.85. The van der Waals surface area contributed by atoms with Crippen molar-refractivity contribution in [2.45, 2.75) is 51.5 Å². The third-order valence-electron chi connectivity index (χ3n) is 4.02. The number of amides is 1. The second-order valence-electron chi connectivity index (χ2n) is 5.33. The molecule has 0 radical (unpaired) electrons. The molecule has 1 aliphatic carbocycles. The number of nitrogens with zero attached hydrogens (tertiary/aromatic N) is 2. The first-order valence-electron chi connectivity index (χ1n) is 7.35. The van der Waals surface area contributed by atoms with Crippen LogP contribution in [0.25, 0.3) is 0 Å². The lowest BCUT2D eigenvalue weighted by Crippen LogP contribution is -2.41. The molecule has 1 amide bonds. The van der Waals surface area contributed by atoms with Crippen molar-refractivity contribution in [2.75, 3.05) is 5.43 Å². The number of nitrogens with two attached hydrogens (primary N) is 1. The van der Waals surface area contributed by atoms with E-state index in [9.17, 15) is 4.79 Å². The number of anilines is 1. The van der Waals surface area contributed by atoms with Crippen molar-refractivity contribution in [1.82, 2.24) is 15.5 Å². The Hall–Kier alpha value is -1.69. The third-order valence-corrected chi connectivity index (χ3v) is 4.02. The summed E-state index contributed by atoms with van der Waals surface area (Å²) in [7, 11) is 0. The van der Waals surface area contributed by atoms with Crippen LogP contribution in [-0.4, -0.2) is 22.1 Å². The van der Waals surface area contributed by atoms with Crippen LogP contribution in [0.5, 0.6) is 0 Å². The topological polar surface area (TPSA) is 92.9 Å². The highest BCUT2D eigenvalue weighted by atomic mass is 16.2. The lowest BCUT2D eigenvalue weighted by atomic mass is 9.83. The van der Waals surface area contributed by atoms with Crippen molar-refractivity contribution in [3.05, 3.63) is 17.8 Å². The maximum Gasteiger partial charge on any atom is 0.272 e. The molecule has 0 saturated heterocycles. The van der Waals surface area contributed by atoms with Crippen LogP contribution in [-0.2, 0) is 0 Å². The Morgan fingerprint density at radius 2 is 2.10 bits per heavy atom. The Morgan fingerprint density at radius 1 is 1.35 bits per heavy atom. The molecule has 1 heterocycles. The first-order valence-corrected chi connectivity index (χ1v) is 7.35. The minimum atomic E-state index is -0.154. The molecule has 1 unspecified atom stereocenters. The van der Waals surface area contributed by atoms with Crippen LogP contribution in [0.2, 0.25) is 0 Å². The molecule has 0 spiro atoms. The summed E-state index contributed by atoms with van der Waals surface area (Å²) in [6.45, 7) is 2.12. The average molecular weight is 277 g/mol. The van der Waals surface area contributed by atoms with Gasteiger partial charge in [-0.25, -0.2) is 5.84 Å². The van der Waals surface area contributed by atoms with Crippen LogP contribution >= 0.6 is 0 Å². The number of rotatable bonds is 5. The molecular formula is C14H23N5O. The summed E-state index contributed by atoms with van der Waals surface area (Å²) in [4.78, 5) is 12.2. The van der Waals surface area contributed by atoms with Gasteiger partial charge in [0.1, 0.15) is 0 Å². The third kappa shape index (κ3) is 3.66. The van der Waals surface area contributed by atoms with E-state index in [0.29, 0.717) is 17.4 Å². The zero-order valence-electron chi connectivity index (χ0n) is 11.9. The molecule has 0 aromatic carbocycles. The Balaban J connectivity index is 1.96. The van der Waals surface area contributed by atoms with Gasteiger partial charge < -0.3 is 10.7 Å². The summed E-state index contributed by atoms with van der Waals surface area (Å²) in [6, 6.07) is 3.51. The molecule has 110 valence electrons. The Morgan fingerprint density at radius 3 is 2.65 bits per heavy atom. The molecule has 1 aromatic heterocycles. The summed E-state index contributed by atoms with van der Waals surface area (Å²) >= 11 is 0. The maximum atomic E-state index is 12.2. The first-order chi connectivity index (χ1) is 9.74. The molecular weight excluding hydrogens is 254 g/mol. The largest absolute Gasteiger partial charge is 0.348 e. The second kappa shape index (κ2) is 7.19. The average Bonchev–Trinajstić information content (AvgIpc) is 2.53. The van der Waals surface area contributed by atoms with Gasteiger partial charge in [0.25, 0.3) is 5.91 Å². The van der Waals surface area contributed by atoms with E-state index in [1.807, 2.05) is 0 Å². The van der Waals surface area contributed by atoms with Crippen LogP contribution in [0.1, 0.15) is 55.9 Å². The normalized spacial score (nSPS) is 17.5. The van der Waals surface area contributed by atoms with Gasteiger partial charge in [-0.15, -0.1) is 10.2 Å². The van der Waals surface area contributed by atoms with Gasteiger partial charge in [-0.05, 0) is 37.3 Å². The van der Waals surface area contributed by atoms with Gasteiger partial charge in [0.2, 0.25) is 0 Å². The molecule has 6 nitrogen and oxygen atoms in total. The van der Waals surface area contributed by atoms with Crippen LogP contribution in [0.15, 0.2) is 12.1 Å². The van der Waals surface area contributed by atoms with Crippen molar-refractivity contribution in [3.63, 3.8) is 0 Å². The zero-order chi connectivity index (χ0) is 14.4. The minimum absolute atomic E-state index is 0.154. The molecule has 1 fully saturated rings. The zero-order valence-corrected chi connectivity index (χ0v) is 11.9. The Labute approximate surface area is 119 Å². The van der Waals surface area contributed by atoms with Crippen LogP contribution in [0.4, 0.5) is 5.82 Å². The lowest BCUT2D eigenvalue weighted by molar-refractivity contribution is 0.0905. The summed E-state index contributed by atoms with van der Waals surface area (Å²) in [5, 5.41) is 10.8. The van der Waals surface area contributed by atoms with E-state index in [0.717, 1.165) is 6.42 Å². The number of carbonyl (C=O) groups is 1. The molecule has 1 aliphatic rings. The van der Waals surface area contributed by atoms with Gasteiger partial charge in [0.05, 0.1) is 0 Å². The monoisotopic (exact) mass is 277 g/mol.